The van der Waals surface area contributed by atoms with Crippen molar-refractivity contribution in [3.63, 3.8) is 0 Å². The van der Waals surface area contributed by atoms with E-state index in [-0.39, 0.29) is 0 Å². The summed E-state index contributed by atoms with van der Waals surface area (Å²) in [4.78, 5) is 0. The van der Waals surface area contributed by atoms with Crippen molar-refractivity contribution in [2.75, 3.05) is 6.54 Å². The summed E-state index contributed by atoms with van der Waals surface area (Å²) >= 11 is 0. The molecule has 1 aliphatic rings. The summed E-state index contributed by atoms with van der Waals surface area (Å²) in [6.07, 6.45) is 7.08. The van der Waals surface area contributed by atoms with Crippen LogP contribution in [-0.4, -0.2) is 12.6 Å². The summed E-state index contributed by atoms with van der Waals surface area (Å²) in [5.74, 6) is 2.58. The molecule has 1 saturated carbocycles. The lowest BCUT2D eigenvalue weighted by molar-refractivity contribution is 0.351. The van der Waals surface area contributed by atoms with E-state index in [1.165, 1.54) is 38.6 Å². The summed E-state index contributed by atoms with van der Waals surface area (Å²) in [7, 11) is 0. The summed E-state index contributed by atoms with van der Waals surface area (Å²) < 4.78 is 0. The van der Waals surface area contributed by atoms with Crippen LogP contribution in [0.5, 0.6) is 0 Å². The van der Waals surface area contributed by atoms with Crippen molar-refractivity contribution < 1.29 is 0 Å². The van der Waals surface area contributed by atoms with Crippen LogP contribution in [0.4, 0.5) is 0 Å². The van der Waals surface area contributed by atoms with Crippen LogP contribution in [0.25, 0.3) is 0 Å². The number of hydrogen-bond donors (Lipinski definition) is 1. The zero-order chi connectivity index (χ0) is 11.3. The molecule has 90 valence electrons. The number of nitrogens with one attached hydrogen (secondary N) is 1. The Morgan fingerprint density at radius 2 is 1.80 bits per heavy atom. The Hall–Kier alpha value is -0.0400. The van der Waals surface area contributed by atoms with Crippen LogP contribution in [0.1, 0.15) is 59.8 Å². The third kappa shape index (κ3) is 5.01. The van der Waals surface area contributed by atoms with E-state index >= 15 is 0 Å². The molecule has 0 aromatic carbocycles. The maximum atomic E-state index is 3.76. The van der Waals surface area contributed by atoms with Gasteiger partial charge >= 0.3 is 0 Å². The molecule has 3 unspecified atom stereocenters. The molecular weight excluding hydrogens is 182 g/mol. The molecule has 3 atom stereocenters. The molecule has 1 N–H and O–H groups in total. The van der Waals surface area contributed by atoms with Gasteiger partial charge in [-0.1, -0.05) is 40.5 Å². The predicted molar refractivity (Wildman–Crippen MR) is 68.0 cm³/mol. The standard InChI is InChI=1S/C14H29N/c1-11(2)13(4)10-15-14-7-5-6-12(3)8-9-14/h11-15H,5-10H2,1-4H3. The lowest BCUT2D eigenvalue weighted by atomic mass is 9.97. The highest BCUT2D eigenvalue weighted by atomic mass is 14.9. The molecule has 0 amide bonds. The minimum absolute atomic E-state index is 0.802. The Labute approximate surface area is 96.0 Å². The van der Waals surface area contributed by atoms with E-state index in [0.29, 0.717) is 0 Å². The summed E-state index contributed by atoms with van der Waals surface area (Å²) in [6.45, 7) is 10.6. The van der Waals surface area contributed by atoms with Crippen molar-refractivity contribution in [1.82, 2.24) is 5.32 Å². The van der Waals surface area contributed by atoms with Crippen molar-refractivity contribution in [1.29, 1.82) is 0 Å². The molecule has 15 heavy (non-hydrogen) atoms. The Kier molecular flexibility index (Phi) is 5.66. The average molecular weight is 211 g/mol. The van der Waals surface area contributed by atoms with Crippen LogP contribution in [0.3, 0.4) is 0 Å². The summed E-state index contributed by atoms with van der Waals surface area (Å²) in [5.41, 5.74) is 0. The van der Waals surface area contributed by atoms with Crippen molar-refractivity contribution >= 4 is 0 Å². The molecule has 0 aromatic heterocycles. The SMILES string of the molecule is CC1CCCC(NCC(C)C(C)C)CC1. The minimum atomic E-state index is 0.802. The maximum absolute atomic E-state index is 3.76. The molecule has 0 saturated heterocycles. The van der Waals surface area contributed by atoms with E-state index in [1.54, 1.807) is 0 Å². The van der Waals surface area contributed by atoms with E-state index in [4.69, 9.17) is 0 Å². The molecule has 0 bridgehead atoms. The number of hydrogen-bond acceptors (Lipinski definition) is 1. The Morgan fingerprint density at radius 3 is 2.47 bits per heavy atom. The quantitative estimate of drug-likeness (QED) is 0.697. The number of rotatable bonds is 4. The van der Waals surface area contributed by atoms with Crippen molar-refractivity contribution in [3.8, 4) is 0 Å². The van der Waals surface area contributed by atoms with Crippen molar-refractivity contribution in [3.05, 3.63) is 0 Å². The van der Waals surface area contributed by atoms with Crippen LogP contribution in [-0.2, 0) is 0 Å². The molecule has 0 aliphatic heterocycles. The maximum Gasteiger partial charge on any atom is 0.00672 e. The Morgan fingerprint density at radius 1 is 1.07 bits per heavy atom. The third-order valence-electron chi connectivity index (χ3n) is 4.12. The van der Waals surface area contributed by atoms with E-state index in [0.717, 1.165) is 23.8 Å². The fourth-order valence-electron chi connectivity index (χ4n) is 2.28. The first kappa shape index (κ1) is 13.0. The molecule has 1 nitrogen and oxygen atoms in total. The van der Waals surface area contributed by atoms with Gasteiger partial charge in [-0.15, -0.1) is 0 Å². The van der Waals surface area contributed by atoms with Crippen molar-refractivity contribution in [2.24, 2.45) is 17.8 Å². The summed E-state index contributed by atoms with van der Waals surface area (Å²) in [5, 5.41) is 3.76. The lowest BCUT2D eigenvalue weighted by Crippen LogP contribution is -2.33. The van der Waals surface area contributed by atoms with Gasteiger partial charge in [-0.05, 0) is 43.6 Å². The zero-order valence-corrected chi connectivity index (χ0v) is 11.1. The zero-order valence-electron chi connectivity index (χ0n) is 11.1. The van der Waals surface area contributed by atoms with Gasteiger partial charge in [0.2, 0.25) is 0 Å². The van der Waals surface area contributed by atoms with Gasteiger partial charge < -0.3 is 5.32 Å². The normalized spacial score (nSPS) is 30.2. The first-order valence-electron chi connectivity index (χ1n) is 6.83. The van der Waals surface area contributed by atoms with Crippen molar-refractivity contribution in [2.45, 2.75) is 65.8 Å². The Bertz CT molecular complexity index is 165. The van der Waals surface area contributed by atoms with Crippen LogP contribution in [0.2, 0.25) is 0 Å². The van der Waals surface area contributed by atoms with Crippen LogP contribution >= 0.6 is 0 Å². The molecule has 1 fully saturated rings. The minimum Gasteiger partial charge on any atom is -0.314 e. The monoisotopic (exact) mass is 211 g/mol. The van der Waals surface area contributed by atoms with Gasteiger partial charge in [0.1, 0.15) is 0 Å². The molecule has 1 heteroatoms. The highest BCUT2D eigenvalue weighted by Gasteiger charge is 2.16. The molecular formula is C14H29N. The molecule has 0 radical (unpaired) electrons. The Balaban J connectivity index is 2.20. The first-order chi connectivity index (χ1) is 7.09. The smallest absolute Gasteiger partial charge is 0.00672 e. The second kappa shape index (κ2) is 6.52. The van der Waals surface area contributed by atoms with Gasteiger partial charge in [0, 0.05) is 6.04 Å². The van der Waals surface area contributed by atoms with Crippen LogP contribution in [0, 0.1) is 17.8 Å². The predicted octanol–water partition coefficient (Wildman–Crippen LogP) is 3.84. The molecule has 0 heterocycles. The van der Waals surface area contributed by atoms with Gasteiger partial charge in [0.15, 0.2) is 0 Å². The largest absolute Gasteiger partial charge is 0.314 e. The fourth-order valence-corrected chi connectivity index (χ4v) is 2.28. The highest BCUT2D eigenvalue weighted by molar-refractivity contribution is 4.74. The van der Waals surface area contributed by atoms with E-state index in [1.807, 2.05) is 0 Å². The highest BCUT2D eigenvalue weighted by Crippen LogP contribution is 2.22. The van der Waals surface area contributed by atoms with Crippen LogP contribution < -0.4 is 5.32 Å². The topological polar surface area (TPSA) is 12.0 Å². The van der Waals surface area contributed by atoms with Gasteiger partial charge in [0.05, 0.1) is 0 Å². The van der Waals surface area contributed by atoms with Gasteiger partial charge in [-0.25, -0.2) is 0 Å². The van der Waals surface area contributed by atoms with Gasteiger partial charge in [-0.3, -0.25) is 0 Å². The second-order valence-electron chi connectivity index (χ2n) is 5.94. The molecule has 0 spiro atoms. The first-order valence-corrected chi connectivity index (χ1v) is 6.83. The van der Waals surface area contributed by atoms with E-state index in [2.05, 4.69) is 33.0 Å². The third-order valence-corrected chi connectivity index (χ3v) is 4.12. The molecule has 1 aliphatic carbocycles. The van der Waals surface area contributed by atoms with E-state index < -0.39 is 0 Å². The second-order valence-corrected chi connectivity index (χ2v) is 5.94. The van der Waals surface area contributed by atoms with E-state index in [9.17, 15) is 0 Å². The van der Waals surface area contributed by atoms with Gasteiger partial charge in [0.25, 0.3) is 0 Å². The summed E-state index contributed by atoms with van der Waals surface area (Å²) in [6, 6.07) is 0.802. The lowest BCUT2D eigenvalue weighted by Gasteiger charge is -2.21. The molecule has 1 rings (SSSR count). The van der Waals surface area contributed by atoms with Crippen LogP contribution in [0.15, 0.2) is 0 Å². The fraction of sp³-hybridized carbons (Fsp3) is 1.00. The van der Waals surface area contributed by atoms with Gasteiger partial charge in [-0.2, -0.15) is 0 Å². The molecule has 0 aromatic rings. The average Bonchev–Trinajstić information content (AvgIpc) is 2.39.